The normalized spacial score (nSPS) is 12.4. The van der Waals surface area contributed by atoms with Gasteiger partial charge in [0.2, 0.25) is 10.0 Å². The molecule has 0 saturated carbocycles. The third kappa shape index (κ3) is 5.77. The van der Waals surface area contributed by atoms with Gasteiger partial charge in [-0.1, -0.05) is 24.3 Å². The highest BCUT2D eigenvalue weighted by atomic mass is 32.2. The summed E-state index contributed by atoms with van der Waals surface area (Å²) in [4.78, 5) is 11.7. The van der Waals surface area contributed by atoms with Crippen LogP contribution in [0.15, 0.2) is 47.4 Å². The van der Waals surface area contributed by atoms with Crippen molar-refractivity contribution in [2.45, 2.75) is 17.9 Å². The minimum Gasteiger partial charge on any atom is -0.491 e. The number of aryl methyl sites for hydroxylation is 1. The number of esters is 1. The number of nitrogens with two attached hydrogens (primary N) is 1. The number of carbonyl (C=O) groups excluding carboxylic acids is 1. The van der Waals surface area contributed by atoms with Crippen LogP contribution >= 0.6 is 0 Å². The molecule has 4 N–H and O–H groups in total. The lowest BCUT2D eigenvalue weighted by Crippen LogP contribution is -2.26. The Labute approximate surface area is 164 Å². The number of para-hydroxylation sites is 1. The number of rotatable bonds is 9. The molecule has 2 rings (SSSR count). The number of benzene rings is 2. The molecular formula is C19H24N2O6S. The molecule has 152 valence electrons. The summed E-state index contributed by atoms with van der Waals surface area (Å²) in [7, 11) is -2.55. The molecule has 0 aliphatic rings. The number of hydrogen-bond donors (Lipinski definition) is 3. The Hall–Kier alpha value is -2.46. The maximum absolute atomic E-state index is 11.7. The second-order valence-electron chi connectivity index (χ2n) is 6.13. The van der Waals surface area contributed by atoms with Gasteiger partial charge in [0.05, 0.1) is 18.1 Å². The lowest BCUT2D eigenvalue weighted by molar-refractivity contribution is 0.0596. The molecule has 9 heteroatoms. The fraction of sp³-hybridized carbons (Fsp3) is 0.316. The van der Waals surface area contributed by atoms with Crippen molar-refractivity contribution in [1.29, 1.82) is 0 Å². The summed E-state index contributed by atoms with van der Waals surface area (Å²) >= 11 is 0. The Morgan fingerprint density at radius 1 is 1.25 bits per heavy atom. The molecule has 8 nitrogen and oxygen atoms in total. The van der Waals surface area contributed by atoms with Crippen molar-refractivity contribution in [3.63, 3.8) is 0 Å². The van der Waals surface area contributed by atoms with Crippen LogP contribution in [-0.2, 0) is 14.8 Å². The van der Waals surface area contributed by atoms with E-state index in [-0.39, 0.29) is 18.0 Å². The van der Waals surface area contributed by atoms with E-state index in [0.717, 1.165) is 0 Å². The largest absolute Gasteiger partial charge is 0.491 e. The molecule has 0 aromatic heterocycles. The number of primary sulfonamides is 1. The molecule has 0 radical (unpaired) electrons. The van der Waals surface area contributed by atoms with Gasteiger partial charge in [0.15, 0.2) is 0 Å². The van der Waals surface area contributed by atoms with Crippen LogP contribution in [0.1, 0.15) is 27.6 Å². The van der Waals surface area contributed by atoms with Crippen molar-refractivity contribution in [2.75, 3.05) is 26.8 Å². The maximum Gasteiger partial charge on any atom is 0.341 e. The zero-order valence-corrected chi connectivity index (χ0v) is 16.5. The van der Waals surface area contributed by atoms with Crippen LogP contribution in [0.25, 0.3) is 0 Å². The number of aliphatic hydroxyl groups excluding tert-OH is 1. The van der Waals surface area contributed by atoms with Gasteiger partial charge in [-0.2, -0.15) is 0 Å². The summed E-state index contributed by atoms with van der Waals surface area (Å²) in [5, 5.41) is 18.5. The van der Waals surface area contributed by atoms with Gasteiger partial charge in [0.1, 0.15) is 17.9 Å². The fourth-order valence-corrected chi connectivity index (χ4v) is 3.41. The summed E-state index contributed by atoms with van der Waals surface area (Å²) < 4.78 is 33.5. The molecule has 1 unspecified atom stereocenters. The van der Waals surface area contributed by atoms with Crippen molar-refractivity contribution in [2.24, 2.45) is 5.14 Å². The molecule has 0 heterocycles. The average molecular weight is 408 g/mol. The Balaban J connectivity index is 1.87. The van der Waals surface area contributed by atoms with E-state index in [1.807, 2.05) is 0 Å². The van der Waals surface area contributed by atoms with Crippen LogP contribution in [0.2, 0.25) is 0 Å². The van der Waals surface area contributed by atoms with Gasteiger partial charge >= 0.3 is 5.97 Å². The van der Waals surface area contributed by atoms with Crippen LogP contribution in [0.5, 0.6) is 5.75 Å². The van der Waals surface area contributed by atoms with Gasteiger partial charge in [0.25, 0.3) is 0 Å². The van der Waals surface area contributed by atoms with Crippen molar-refractivity contribution < 1.29 is 27.8 Å². The monoisotopic (exact) mass is 408 g/mol. The van der Waals surface area contributed by atoms with Gasteiger partial charge in [-0.25, -0.2) is 18.4 Å². The first-order valence-corrected chi connectivity index (χ1v) is 10.1. The first-order chi connectivity index (χ1) is 13.2. The predicted molar refractivity (Wildman–Crippen MR) is 104 cm³/mol. The van der Waals surface area contributed by atoms with E-state index in [9.17, 15) is 18.3 Å². The number of hydrogen-bond acceptors (Lipinski definition) is 7. The maximum atomic E-state index is 11.7. The van der Waals surface area contributed by atoms with Crippen molar-refractivity contribution in [3.8, 4) is 5.75 Å². The Morgan fingerprint density at radius 3 is 2.64 bits per heavy atom. The van der Waals surface area contributed by atoms with Crippen LogP contribution in [0, 0.1) is 6.92 Å². The zero-order chi connectivity index (χ0) is 20.7. The van der Waals surface area contributed by atoms with Gasteiger partial charge in [0, 0.05) is 13.1 Å². The van der Waals surface area contributed by atoms with Crippen molar-refractivity contribution in [1.82, 2.24) is 5.32 Å². The van der Waals surface area contributed by atoms with E-state index in [4.69, 9.17) is 14.6 Å². The SMILES string of the molecule is COC(=O)c1ccccc1OCCNCC(O)c1ccc(C)c(S(N)(=O)=O)c1. The molecule has 0 spiro atoms. The number of carbonyl (C=O) groups is 1. The highest BCUT2D eigenvalue weighted by Crippen LogP contribution is 2.20. The number of methoxy groups -OCH3 is 1. The van der Waals surface area contributed by atoms with E-state index in [1.54, 1.807) is 43.3 Å². The molecule has 0 aliphatic carbocycles. The molecule has 2 aromatic rings. The quantitative estimate of drug-likeness (QED) is 0.419. The van der Waals surface area contributed by atoms with E-state index in [0.29, 0.717) is 29.0 Å². The molecule has 1 atom stereocenters. The van der Waals surface area contributed by atoms with Gasteiger partial charge in [-0.3, -0.25) is 0 Å². The standard InChI is InChI=1S/C19H24N2O6S/c1-13-7-8-14(11-18(13)28(20,24)25)16(22)12-21-9-10-27-17-6-4-3-5-15(17)19(23)26-2/h3-8,11,16,21-22H,9-10,12H2,1-2H3,(H2,20,24,25). The average Bonchev–Trinajstić information content (AvgIpc) is 2.66. The molecule has 0 bridgehead atoms. The molecule has 0 aliphatic heterocycles. The highest BCUT2D eigenvalue weighted by Gasteiger charge is 2.16. The number of nitrogens with one attached hydrogen (secondary N) is 1. The van der Waals surface area contributed by atoms with Crippen LogP contribution < -0.4 is 15.2 Å². The lowest BCUT2D eigenvalue weighted by atomic mass is 10.1. The Kier molecular flexibility index (Phi) is 7.53. The van der Waals surface area contributed by atoms with Crippen LogP contribution in [0.3, 0.4) is 0 Å². The molecular weight excluding hydrogens is 384 g/mol. The highest BCUT2D eigenvalue weighted by molar-refractivity contribution is 7.89. The smallest absolute Gasteiger partial charge is 0.341 e. The fourth-order valence-electron chi connectivity index (χ4n) is 2.59. The Bertz CT molecular complexity index is 930. The zero-order valence-electron chi connectivity index (χ0n) is 15.7. The topological polar surface area (TPSA) is 128 Å². The summed E-state index contributed by atoms with van der Waals surface area (Å²) in [6, 6.07) is 11.4. The van der Waals surface area contributed by atoms with Crippen molar-refractivity contribution in [3.05, 3.63) is 59.2 Å². The third-order valence-electron chi connectivity index (χ3n) is 4.07. The van der Waals surface area contributed by atoms with Crippen LogP contribution in [-0.4, -0.2) is 46.3 Å². The summed E-state index contributed by atoms with van der Waals surface area (Å²) in [5.74, 6) is -0.0722. The molecule has 0 saturated heterocycles. The summed E-state index contributed by atoms with van der Waals surface area (Å²) in [6.07, 6.45) is -0.913. The minimum absolute atomic E-state index is 0.00759. The van der Waals surface area contributed by atoms with E-state index in [2.05, 4.69) is 5.32 Å². The van der Waals surface area contributed by atoms with Gasteiger partial charge < -0.3 is 19.9 Å². The summed E-state index contributed by atoms with van der Waals surface area (Å²) in [6.45, 7) is 2.49. The third-order valence-corrected chi connectivity index (χ3v) is 5.12. The molecule has 0 amide bonds. The van der Waals surface area contributed by atoms with Gasteiger partial charge in [-0.15, -0.1) is 0 Å². The second-order valence-corrected chi connectivity index (χ2v) is 7.66. The lowest BCUT2D eigenvalue weighted by Gasteiger charge is -2.15. The first kappa shape index (κ1) is 21.8. The van der Waals surface area contributed by atoms with E-state index < -0.39 is 22.1 Å². The first-order valence-electron chi connectivity index (χ1n) is 8.56. The number of aliphatic hydroxyl groups is 1. The molecule has 28 heavy (non-hydrogen) atoms. The van der Waals surface area contributed by atoms with E-state index in [1.165, 1.54) is 13.2 Å². The Morgan fingerprint density at radius 2 is 1.96 bits per heavy atom. The summed E-state index contributed by atoms with van der Waals surface area (Å²) in [5.41, 5.74) is 1.29. The van der Waals surface area contributed by atoms with Crippen molar-refractivity contribution >= 4 is 16.0 Å². The second kappa shape index (κ2) is 9.65. The number of sulfonamides is 1. The molecule has 0 fully saturated rings. The van der Waals surface area contributed by atoms with Crippen LogP contribution in [0.4, 0.5) is 0 Å². The molecule has 2 aromatic carbocycles. The van der Waals surface area contributed by atoms with E-state index >= 15 is 0 Å². The number of ether oxygens (including phenoxy) is 2. The predicted octanol–water partition coefficient (Wildman–Crippen LogP) is 1.13. The van der Waals surface area contributed by atoms with Gasteiger partial charge in [-0.05, 0) is 36.2 Å². The minimum atomic E-state index is -3.85.